The van der Waals surface area contributed by atoms with Crippen molar-refractivity contribution < 1.29 is 0 Å². The third-order valence-corrected chi connectivity index (χ3v) is 4.46. The van der Waals surface area contributed by atoms with E-state index in [1.807, 2.05) is 0 Å². The van der Waals surface area contributed by atoms with E-state index in [0.29, 0.717) is 12.0 Å². The summed E-state index contributed by atoms with van der Waals surface area (Å²) in [5.41, 5.74) is 9.11. The molecule has 0 amide bonds. The van der Waals surface area contributed by atoms with Gasteiger partial charge in [-0.3, -0.25) is 0 Å². The lowest BCUT2D eigenvalue weighted by molar-refractivity contribution is 0.154. The van der Waals surface area contributed by atoms with Crippen molar-refractivity contribution in [2.75, 3.05) is 32.1 Å². The highest BCUT2D eigenvalue weighted by Gasteiger charge is 2.40. The van der Waals surface area contributed by atoms with E-state index >= 15 is 0 Å². The summed E-state index contributed by atoms with van der Waals surface area (Å²) in [6.45, 7) is 2.30. The Kier molecular flexibility index (Phi) is 2.60. The molecule has 2 aliphatic heterocycles. The largest absolute Gasteiger partial charge is 0.371 e. The van der Waals surface area contributed by atoms with Crippen LogP contribution in [0.2, 0.25) is 0 Å². The van der Waals surface area contributed by atoms with Crippen molar-refractivity contribution in [3.8, 4) is 0 Å². The zero-order valence-electron chi connectivity index (χ0n) is 10.6. The number of benzene rings is 1. The third kappa shape index (κ3) is 1.65. The van der Waals surface area contributed by atoms with E-state index in [4.69, 9.17) is 5.73 Å². The molecule has 3 atom stereocenters. The van der Waals surface area contributed by atoms with Crippen LogP contribution in [-0.2, 0) is 0 Å². The molecule has 0 aromatic heterocycles. The fourth-order valence-electron chi connectivity index (χ4n) is 3.47. The van der Waals surface area contributed by atoms with E-state index in [0.717, 1.165) is 6.54 Å². The summed E-state index contributed by atoms with van der Waals surface area (Å²) in [5, 5.41) is 0. The minimum atomic E-state index is 0.190. The molecule has 0 radical (unpaired) electrons. The zero-order chi connectivity index (χ0) is 12.0. The number of piperidine rings is 1. The Hall–Kier alpha value is -1.06. The molecule has 1 aromatic carbocycles. The molecule has 0 saturated carbocycles. The van der Waals surface area contributed by atoms with Crippen LogP contribution in [0, 0.1) is 5.92 Å². The van der Waals surface area contributed by atoms with Crippen LogP contribution in [0.15, 0.2) is 24.3 Å². The Balaban J connectivity index is 2.02. The topological polar surface area (TPSA) is 32.5 Å². The van der Waals surface area contributed by atoms with Gasteiger partial charge in [-0.1, -0.05) is 18.2 Å². The fraction of sp³-hybridized carbons (Fsp3) is 0.571. The van der Waals surface area contributed by atoms with Gasteiger partial charge in [-0.15, -0.1) is 0 Å². The number of nitrogens with two attached hydrogens (primary N) is 1. The second kappa shape index (κ2) is 4.00. The lowest BCUT2D eigenvalue weighted by atomic mass is 9.78. The molecular weight excluding hydrogens is 210 g/mol. The molecule has 2 N–H and O–H groups in total. The first-order chi connectivity index (χ1) is 8.18. The van der Waals surface area contributed by atoms with E-state index in [1.54, 1.807) is 0 Å². The van der Waals surface area contributed by atoms with Crippen molar-refractivity contribution in [3.05, 3.63) is 29.8 Å². The van der Waals surface area contributed by atoms with Crippen molar-refractivity contribution in [1.29, 1.82) is 0 Å². The summed E-state index contributed by atoms with van der Waals surface area (Å²) >= 11 is 0. The number of hydrogen-bond donors (Lipinski definition) is 1. The molecule has 3 rings (SSSR count). The van der Waals surface area contributed by atoms with Crippen LogP contribution < -0.4 is 10.6 Å². The van der Waals surface area contributed by atoms with Gasteiger partial charge in [0, 0.05) is 37.3 Å². The van der Waals surface area contributed by atoms with Gasteiger partial charge in [0.1, 0.15) is 0 Å². The molecule has 0 aliphatic carbocycles. The van der Waals surface area contributed by atoms with E-state index < -0.39 is 0 Å². The van der Waals surface area contributed by atoms with Crippen molar-refractivity contribution in [2.45, 2.75) is 18.5 Å². The number of rotatable bonds is 0. The number of nitrogens with zero attached hydrogens (tertiary/aromatic N) is 2. The van der Waals surface area contributed by atoms with Gasteiger partial charge in [0.25, 0.3) is 0 Å². The van der Waals surface area contributed by atoms with Gasteiger partial charge in [-0.2, -0.15) is 0 Å². The highest BCUT2D eigenvalue weighted by molar-refractivity contribution is 5.58. The van der Waals surface area contributed by atoms with Gasteiger partial charge < -0.3 is 15.5 Å². The van der Waals surface area contributed by atoms with Crippen molar-refractivity contribution in [3.63, 3.8) is 0 Å². The number of likely N-dealkylation sites (tertiary alicyclic amines) is 1. The average molecular weight is 231 g/mol. The molecule has 3 unspecified atom stereocenters. The monoisotopic (exact) mass is 231 g/mol. The molecule has 3 nitrogen and oxygen atoms in total. The predicted octanol–water partition coefficient (Wildman–Crippen LogP) is 1.46. The number of fused-ring (bicyclic) bond motifs is 2. The van der Waals surface area contributed by atoms with Gasteiger partial charge >= 0.3 is 0 Å². The summed E-state index contributed by atoms with van der Waals surface area (Å²) in [4.78, 5) is 4.85. The normalized spacial score (nSPS) is 33.1. The quantitative estimate of drug-likeness (QED) is 0.733. The Morgan fingerprint density at radius 3 is 2.82 bits per heavy atom. The number of anilines is 1. The summed E-state index contributed by atoms with van der Waals surface area (Å²) < 4.78 is 0. The molecule has 0 spiro atoms. The average Bonchev–Trinajstić information content (AvgIpc) is 2.36. The maximum Gasteiger partial charge on any atom is 0.0414 e. The van der Waals surface area contributed by atoms with Gasteiger partial charge in [-0.25, -0.2) is 0 Å². The minimum Gasteiger partial charge on any atom is -0.371 e. The minimum absolute atomic E-state index is 0.190. The van der Waals surface area contributed by atoms with Crippen LogP contribution >= 0.6 is 0 Å². The molecule has 1 fully saturated rings. The van der Waals surface area contributed by atoms with E-state index in [-0.39, 0.29) is 6.04 Å². The first kappa shape index (κ1) is 11.1. The predicted molar refractivity (Wildman–Crippen MR) is 71.2 cm³/mol. The Morgan fingerprint density at radius 2 is 2.00 bits per heavy atom. The maximum atomic E-state index is 6.47. The van der Waals surface area contributed by atoms with Crippen LogP contribution in [0.1, 0.15) is 18.0 Å². The Bertz CT molecular complexity index is 418. The Labute approximate surface area is 103 Å². The van der Waals surface area contributed by atoms with E-state index in [1.165, 1.54) is 24.2 Å². The third-order valence-electron chi connectivity index (χ3n) is 4.46. The highest BCUT2D eigenvalue weighted by atomic mass is 15.2. The summed E-state index contributed by atoms with van der Waals surface area (Å²) in [5.74, 6) is 0.564. The van der Waals surface area contributed by atoms with Crippen LogP contribution in [0.3, 0.4) is 0 Å². The van der Waals surface area contributed by atoms with Gasteiger partial charge in [0.2, 0.25) is 0 Å². The van der Waals surface area contributed by atoms with Gasteiger partial charge in [0.15, 0.2) is 0 Å². The lowest BCUT2D eigenvalue weighted by Crippen LogP contribution is -2.55. The van der Waals surface area contributed by atoms with Crippen LogP contribution in [0.4, 0.5) is 5.69 Å². The smallest absolute Gasteiger partial charge is 0.0414 e. The van der Waals surface area contributed by atoms with Crippen LogP contribution in [0.25, 0.3) is 0 Å². The standard InChI is InChI=1S/C14H21N3/c1-16-8-7-13-11(9-16)14(15)10-5-3-4-6-12(10)17(13)2/h3-6,11,13-14H,7-9,15H2,1-2H3. The van der Waals surface area contributed by atoms with Crippen LogP contribution in [0.5, 0.6) is 0 Å². The lowest BCUT2D eigenvalue weighted by Gasteiger charge is -2.49. The molecule has 1 aromatic rings. The Morgan fingerprint density at radius 1 is 1.24 bits per heavy atom. The second-order valence-electron chi connectivity index (χ2n) is 5.48. The summed E-state index contributed by atoms with van der Waals surface area (Å²) in [7, 11) is 4.41. The highest BCUT2D eigenvalue weighted by Crippen LogP contribution is 2.41. The van der Waals surface area contributed by atoms with Gasteiger partial charge in [-0.05, 0) is 31.6 Å². The maximum absolute atomic E-state index is 6.47. The molecule has 2 aliphatic rings. The first-order valence-corrected chi connectivity index (χ1v) is 6.44. The molecule has 1 saturated heterocycles. The second-order valence-corrected chi connectivity index (χ2v) is 5.48. The summed E-state index contributed by atoms with van der Waals surface area (Å²) in [6.07, 6.45) is 1.22. The van der Waals surface area contributed by atoms with Gasteiger partial charge in [0.05, 0.1) is 0 Å². The first-order valence-electron chi connectivity index (χ1n) is 6.44. The number of hydrogen-bond acceptors (Lipinski definition) is 3. The van der Waals surface area contributed by atoms with Crippen LogP contribution in [-0.4, -0.2) is 38.1 Å². The van der Waals surface area contributed by atoms with Crippen molar-refractivity contribution in [1.82, 2.24) is 4.90 Å². The fourth-order valence-corrected chi connectivity index (χ4v) is 3.47. The molecule has 3 heteroatoms. The van der Waals surface area contributed by atoms with E-state index in [2.05, 4.69) is 48.2 Å². The van der Waals surface area contributed by atoms with E-state index in [9.17, 15) is 0 Å². The molecule has 0 bridgehead atoms. The zero-order valence-corrected chi connectivity index (χ0v) is 10.6. The molecular formula is C14H21N3. The number of para-hydroxylation sites is 1. The molecule has 17 heavy (non-hydrogen) atoms. The van der Waals surface area contributed by atoms with Crippen molar-refractivity contribution >= 4 is 5.69 Å². The summed E-state index contributed by atoms with van der Waals surface area (Å²) in [6, 6.07) is 9.38. The molecule has 92 valence electrons. The van der Waals surface area contributed by atoms with Crippen molar-refractivity contribution in [2.24, 2.45) is 11.7 Å². The SMILES string of the molecule is CN1CCC2C(C1)C(N)c1ccccc1N2C. The molecule has 2 heterocycles.